The molecule has 0 fully saturated rings. The van der Waals surface area contributed by atoms with E-state index < -0.39 is 15.8 Å². The summed E-state index contributed by atoms with van der Waals surface area (Å²) >= 11 is 0. The molecule has 0 spiro atoms. The summed E-state index contributed by atoms with van der Waals surface area (Å²) in [6, 6.07) is 10.6. The molecule has 2 N–H and O–H groups in total. The number of amides is 1. The molecule has 152 valence electrons. The smallest absolute Gasteiger partial charge is 0.261 e. The van der Waals surface area contributed by atoms with Gasteiger partial charge < -0.3 is 14.8 Å². The molecule has 2 aromatic carbocycles. The van der Waals surface area contributed by atoms with Crippen molar-refractivity contribution < 1.29 is 27.1 Å². The molecule has 0 unspecified atom stereocenters. The van der Waals surface area contributed by atoms with Gasteiger partial charge in [0.25, 0.3) is 15.9 Å². The molecule has 0 saturated heterocycles. The quantitative estimate of drug-likeness (QED) is 0.556. The lowest BCUT2D eigenvalue weighted by Crippen LogP contribution is -2.30. The molecule has 0 saturated carbocycles. The number of carbonyl (C=O) groups is 1. The first-order valence-corrected chi connectivity index (χ1v) is 10.2. The van der Waals surface area contributed by atoms with Gasteiger partial charge in [-0.25, -0.2) is 12.8 Å². The van der Waals surface area contributed by atoms with E-state index in [1.54, 1.807) is 0 Å². The second kappa shape index (κ2) is 10.6. The summed E-state index contributed by atoms with van der Waals surface area (Å²) in [7, 11) is -3.81. The van der Waals surface area contributed by atoms with Crippen LogP contribution in [0.15, 0.2) is 53.4 Å². The Kier molecular flexibility index (Phi) is 8.21. The second-order valence-corrected chi connectivity index (χ2v) is 7.46. The van der Waals surface area contributed by atoms with Crippen LogP contribution in [0.25, 0.3) is 0 Å². The molecular formula is C19H23FN2O5S. The van der Waals surface area contributed by atoms with Crippen LogP contribution in [-0.4, -0.2) is 40.7 Å². The number of halogens is 1. The number of ether oxygens (including phenoxy) is 2. The van der Waals surface area contributed by atoms with Crippen LogP contribution in [0.1, 0.15) is 13.3 Å². The molecule has 9 heteroatoms. The van der Waals surface area contributed by atoms with Crippen molar-refractivity contribution in [2.24, 2.45) is 0 Å². The van der Waals surface area contributed by atoms with Crippen LogP contribution in [0, 0.1) is 5.82 Å². The third kappa shape index (κ3) is 7.16. The van der Waals surface area contributed by atoms with E-state index in [2.05, 4.69) is 10.0 Å². The summed E-state index contributed by atoms with van der Waals surface area (Å²) in [5.41, 5.74) is 0.253. The Morgan fingerprint density at radius 2 is 1.75 bits per heavy atom. The van der Waals surface area contributed by atoms with Crippen LogP contribution >= 0.6 is 0 Å². The van der Waals surface area contributed by atoms with Gasteiger partial charge >= 0.3 is 0 Å². The van der Waals surface area contributed by atoms with Crippen LogP contribution in [0.4, 0.5) is 10.1 Å². The fraction of sp³-hybridized carbons (Fsp3) is 0.316. The zero-order chi connectivity index (χ0) is 20.4. The molecule has 0 aromatic heterocycles. The normalized spacial score (nSPS) is 11.1. The van der Waals surface area contributed by atoms with Gasteiger partial charge in [0.1, 0.15) is 11.6 Å². The standard InChI is InChI=1S/C19H23FN2O5S/c1-2-26-13-3-12-21-19(23)14-27-17-8-10-18(11-9-17)28(24,25)22-16-6-4-15(20)5-7-16/h4-11,22H,2-3,12-14H2,1H3,(H,21,23). The van der Waals surface area contributed by atoms with Crippen molar-refractivity contribution in [3.63, 3.8) is 0 Å². The number of sulfonamides is 1. The first-order chi connectivity index (χ1) is 13.4. The minimum absolute atomic E-state index is 0.0181. The van der Waals surface area contributed by atoms with Crippen molar-refractivity contribution in [1.82, 2.24) is 5.32 Å². The molecule has 0 aliphatic rings. The summed E-state index contributed by atoms with van der Waals surface area (Å²) in [4.78, 5) is 11.7. The van der Waals surface area contributed by atoms with E-state index >= 15 is 0 Å². The van der Waals surface area contributed by atoms with Gasteiger partial charge in [-0.15, -0.1) is 0 Å². The molecule has 0 radical (unpaired) electrons. The monoisotopic (exact) mass is 410 g/mol. The number of nitrogens with one attached hydrogen (secondary N) is 2. The Labute approximate surface area is 163 Å². The Bertz CT molecular complexity index is 855. The van der Waals surface area contributed by atoms with E-state index in [1.165, 1.54) is 36.4 Å². The van der Waals surface area contributed by atoms with Crippen LogP contribution in [0.5, 0.6) is 5.75 Å². The van der Waals surface area contributed by atoms with Crippen LogP contribution in [-0.2, 0) is 19.6 Å². The van der Waals surface area contributed by atoms with Gasteiger partial charge in [-0.05, 0) is 61.9 Å². The number of carbonyl (C=O) groups excluding carboxylic acids is 1. The Balaban J connectivity index is 1.83. The third-order valence-electron chi connectivity index (χ3n) is 3.59. The van der Waals surface area contributed by atoms with E-state index in [0.717, 1.165) is 12.1 Å². The molecular weight excluding hydrogens is 387 g/mol. The van der Waals surface area contributed by atoms with Crippen molar-refractivity contribution in [3.05, 3.63) is 54.3 Å². The average molecular weight is 410 g/mol. The zero-order valence-electron chi connectivity index (χ0n) is 15.5. The summed E-state index contributed by atoms with van der Waals surface area (Å²) < 4.78 is 50.5. The van der Waals surface area contributed by atoms with Gasteiger partial charge in [-0.2, -0.15) is 0 Å². The van der Waals surface area contributed by atoms with E-state index in [1.807, 2.05) is 6.92 Å². The number of anilines is 1. The predicted octanol–water partition coefficient (Wildman–Crippen LogP) is 2.55. The van der Waals surface area contributed by atoms with E-state index in [4.69, 9.17) is 9.47 Å². The fourth-order valence-corrected chi connectivity index (χ4v) is 3.25. The van der Waals surface area contributed by atoms with Crippen molar-refractivity contribution in [3.8, 4) is 5.75 Å². The van der Waals surface area contributed by atoms with Crippen molar-refractivity contribution in [2.75, 3.05) is 31.1 Å². The minimum Gasteiger partial charge on any atom is -0.484 e. The first-order valence-electron chi connectivity index (χ1n) is 8.76. The van der Waals surface area contributed by atoms with Gasteiger partial charge in [0, 0.05) is 25.4 Å². The van der Waals surface area contributed by atoms with Gasteiger partial charge in [-0.3, -0.25) is 9.52 Å². The summed E-state index contributed by atoms with van der Waals surface area (Å²) in [5, 5.41) is 2.70. The molecule has 0 aliphatic carbocycles. The van der Waals surface area contributed by atoms with Crippen LogP contribution < -0.4 is 14.8 Å². The zero-order valence-corrected chi connectivity index (χ0v) is 16.3. The van der Waals surface area contributed by atoms with Gasteiger partial charge in [-0.1, -0.05) is 0 Å². The summed E-state index contributed by atoms with van der Waals surface area (Å²) in [6.45, 7) is 3.45. The second-order valence-electron chi connectivity index (χ2n) is 5.77. The molecule has 2 aromatic rings. The number of hydrogen-bond donors (Lipinski definition) is 2. The van der Waals surface area contributed by atoms with Gasteiger partial charge in [0.15, 0.2) is 6.61 Å². The number of hydrogen-bond acceptors (Lipinski definition) is 5. The lowest BCUT2D eigenvalue weighted by atomic mass is 10.3. The minimum atomic E-state index is -3.81. The fourth-order valence-electron chi connectivity index (χ4n) is 2.19. The molecule has 2 rings (SSSR count). The lowest BCUT2D eigenvalue weighted by molar-refractivity contribution is -0.123. The molecule has 0 atom stereocenters. The summed E-state index contributed by atoms with van der Waals surface area (Å²) in [5.74, 6) is -0.362. The first kappa shape index (κ1) is 21.6. The molecule has 0 aliphatic heterocycles. The van der Waals surface area contributed by atoms with Gasteiger partial charge in [0.2, 0.25) is 0 Å². The van der Waals surface area contributed by atoms with E-state index in [-0.39, 0.29) is 23.1 Å². The van der Waals surface area contributed by atoms with E-state index in [0.29, 0.717) is 31.9 Å². The third-order valence-corrected chi connectivity index (χ3v) is 4.99. The molecule has 7 nitrogen and oxygen atoms in total. The van der Waals surface area contributed by atoms with Crippen LogP contribution in [0.2, 0.25) is 0 Å². The maximum Gasteiger partial charge on any atom is 0.261 e. The number of benzene rings is 2. The van der Waals surface area contributed by atoms with Crippen LogP contribution in [0.3, 0.4) is 0 Å². The lowest BCUT2D eigenvalue weighted by Gasteiger charge is -2.10. The SMILES string of the molecule is CCOCCCNC(=O)COc1ccc(S(=O)(=O)Nc2ccc(F)cc2)cc1. The Morgan fingerprint density at radius 1 is 1.07 bits per heavy atom. The maximum atomic E-state index is 12.9. The Morgan fingerprint density at radius 3 is 2.39 bits per heavy atom. The van der Waals surface area contributed by atoms with Crippen molar-refractivity contribution in [2.45, 2.75) is 18.2 Å². The van der Waals surface area contributed by atoms with E-state index in [9.17, 15) is 17.6 Å². The molecule has 28 heavy (non-hydrogen) atoms. The maximum absolute atomic E-state index is 12.9. The van der Waals surface area contributed by atoms with Crippen molar-refractivity contribution >= 4 is 21.6 Å². The molecule has 0 heterocycles. The summed E-state index contributed by atoms with van der Waals surface area (Å²) in [6.07, 6.45) is 0.715. The highest BCUT2D eigenvalue weighted by Crippen LogP contribution is 2.19. The molecule has 0 bridgehead atoms. The van der Waals surface area contributed by atoms with Gasteiger partial charge in [0.05, 0.1) is 4.90 Å². The highest BCUT2D eigenvalue weighted by molar-refractivity contribution is 7.92. The number of rotatable bonds is 11. The topological polar surface area (TPSA) is 93.7 Å². The van der Waals surface area contributed by atoms with Crippen molar-refractivity contribution in [1.29, 1.82) is 0 Å². The largest absolute Gasteiger partial charge is 0.484 e. The molecule has 1 amide bonds. The highest BCUT2D eigenvalue weighted by atomic mass is 32.2. The highest BCUT2D eigenvalue weighted by Gasteiger charge is 2.14. The average Bonchev–Trinajstić information content (AvgIpc) is 2.68. The Hall–Kier alpha value is -2.65. The predicted molar refractivity (Wildman–Crippen MR) is 103 cm³/mol.